The van der Waals surface area contributed by atoms with Gasteiger partial charge in [-0.15, -0.1) is 23.2 Å². The van der Waals surface area contributed by atoms with Gasteiger partial charge in [0.15, 0.2) is 17.3 Å². The van der Waals surface area contributed by atoms with Crippen LogP contribution in [-0.4, -0.2) is 50.6 Å². The Morgan fingerprint density at radius 3 is 2.07 bits per heavy atom. The molecule has 2 unspecified atom stereocenters. The van der Waals surface area contributed by atoms with Gasteiger partial charge in [0.25, 0.3) is 0 Å². The number of alkyl halides is 2. The molecule has 2 aromatic carbocycles. The molecule has 156 valence electrons. The summed E-state index contributed by atoms with van der Waals surface area (Å²) in [4.78, 5) is 15.0. The maximum absolute atomic E-state index is 13.2. The Hall–Kier alpha value is -2.31. The van der Waals surface area contributed by atoms with Crippen LogP contribution in [0.15, 0.2) is 30.3 Å². The average molecular weight is 440 g/mol. The Kier molecular flexibility index (Phi) is 5.79. The van der Waals surface area contributed by atoms with E-state index < -0.39 is 16.2 Å². The van der Waals surface area contributed by atoms with Crippen molar-refractivity contribution in [3.8, 4) is 23.0 Å². The molecule has 1 N–H and O–H groups in total. The standard InChI is InChI=1S/C21H23Cl2NO5/c1-24(2)13-7-6-11(8-14(13)25)17-18(21(17,22)23)19(26)12-9-15(27-3)20(29-5)16(10-12)28-4/h6-10,17-18,25H,1-5H3. The highest BCUT2D eigenvalue weighted by molar-refractivity contribution is 6.54. The molecular weight excluding hydrogens is 417 g/mol. The minimum absolute atomic E-state index is 0.0996. The van der Waals surface area contributed by atoms with Gasteiger partial charge in [-0.05, 0) is 29.8 Å². The molecule has 0 bridgehead atoms. The van der Waals surface area contributed by atoms with Gasteiger partial charge in [-0.1, -0.05) is 6.07 Å². The number of hydrogen-bond donors (Lipinski definition) is 1. The molecular formula is C21H23Cl2NO5. The number of carbonyl (C=O) groups excluding carboxylic acids is 1. The highest BCUT2D eigenvalue weighted by Crippen LogP contribution is 2.66. The second-order valence-electron chi connectivity index (χ2n) is 7.05. The van der Waals surface area contributed by atoms with Gasteiger partial charge in [-0.25, -0.2) is 0 Å². The van der Waals surface area contributed by atoms with Crippen molar-refractivity contribution >= 4 is 34.7 Å². The molecule has 29 heavy (non-hydrogen) atoms. The topological polar surface area (TPSA) is 68.2 Å². The van der Waals surface area contributed by atoms with E-state index in [1.165, 1.54) is 21.3 Å². The van der Waals surface area contributed by atoms with E-state index in [1.807, 2.05) is 20.2 Å². The monoisotopic (exact) mass is 439 g/mol. The number of aromatic hydroxyl groups is 1. The van der Waals surface area contributed by atoms with E-state index in [2.05, 4.69) is 0 Å². The number of ketones is 1. The van der Waals surface area contributed by atoms with E-state index in [4.69, 9.17) is 37.4 Å². The number of anilines is 1. The number of rotatable bonds is 7. The fourth-order valence-corrected chi connectivity index (χ4v) is 4.41. The number of methoxy groups -OCH3 is 3. The van der Waals surface area contributed by atoms with Crippen LogP contribution in [-0.2, 0) is 0 Å². The molecule has 1 fully saturated rings. The Labute approximate surface area is 179 Å². The third-order valence-electron chi connectivity index (χ3n) is 5.13. The van der Waals surface area contributed by atoms with Gasteiger partial charge in [-0.3, -0.25) is 4.79 Å². The molecule has 2 aromatic rings. The molecule has 0 saturated heterocycles. The number of carbonyl (C=O) groups is 1. The highest BCUT2D eigenvalue weighted by atomic mass is 35.5. The summed E-state index contributed by atoms with van der Waals surface area (Å²) in [5.41, 5.74) is 1.72. The van der Waals surface area contributed by atoms with E-state index >= 15 is 0 Å². The predicted octanol–water partition coefficient (Wildman–Crippen LogP) is 4.25. The predicted molar refractivity (Wildman–Crippen MR) is 114 cm³/mol. The van der Waals surface area contributed by atoms with E-state index in [-0.39, 0.29) is 11.5 Å². The molecule has 0 radical (unpaired) electrons. The normalized spacial score (nSPS) is 19.4. The van der Waals surface area contributed by atoms with Crippen molar-refractivity contribution in [1.82, 2.24) is 0 Å². The Bertz CT molecular complexity index is 920. The lowest BCUT2D eigenvalue weighted by Gasteiger charge is -2.15. The van der Waals surface area contributed by atoms with Crippen molar-refractivity contribution in [2.24, 2.45) is 5.92 Å². The number of phenolic OH excluding ortho intramolecular Hbond substituents is 1. The molecule has 2 atom stereocenters. The largest absolute Gasteiger partial charge is 0.506 e. The maximum Gasteiger partial charge on any atom is 0.203 e. The number of ether oxygens (including phenoxy) is 3. The second kappa shape index (κ2) is 7.84. The smallest absolute Gasteiger partial charge is 0.203 e. The molecule has 1 aliphatic carbocycles. The Balaban J connectivity index is 1.95. The van der Waals surface area contributed by atoms with Crippen LogP contribution in [0.25, 0.3) is 0 Å². The van der Waals surface area contributed by atoms with Crippen LogP contribution in [0.5, 0.6) is 23.0 Å². The van der Waals surface area contributed by atoms with Crippen LogP contribution in [0.3, 0.4) is 0 Å². The van der Waals surface area contributed by atoms with Crippen LogP contribution in [0.4, 0.5) is 5.69 Å². The molecule has 0 spiro atoms. The summed E-state index contributed by atoms with van der Waals surface area (Å²) in [7, 11) is 8.11. The zero-order chi connectivity index (χ0) is 21.5. The number of halogens is 2. The van der Waals surface area contributed by atoms with Crippen molar-refractivity contribution in [2.75, 3.05) is 40.3 Å². The first-order chi connectivity index (χ1) is 13.7. The number of hydrogen-bond acceptors (Lipinski definition) is 6. The molecule has 0 amide bonds. The molecule has 1 saturated carbocycles. The first-order valence-electron chi connectivity index (χ1n) is 8.89. The molecule has 6 nitrogen and oxygen atoms in total. The van der Waals surface area contributed by atoms with Gasteiger partial charge in [0.2, 0.25) is 5.75 Å². The zero-order valence-corrected chi connectivity index (χ0v) is 18.3. The quantitative estimate of drug-likeness (QED) is 0.513. The second-order valence-corrected chi connectivity index (χ2v) is 8.50. The van der Waals surface area contributed by atoms with Gasteiger partial charge < -0.3 is 24.2 Å². The van der Waals surface area contributed by atoms with Crippen LogP contribution >= 0.6 is 23.2 Å². The summed E-state index contributed by atoms with van der Waals surface area (Å²) in [5.74, 6) is -0.118. The lowest BCUT2D eigenvalue weighted by molar-refractivity contribution is 0.0963. The third-order valence-corrected chi connectivity index (χ3v) is 6.07. The van der Waals surface area contributed by atoms with Gasteiger partial charge in [-0.2, -0.15) is 0 Å². The molecule has 0 heterocycles. The summed E-state index contributed by atoms with van der Waals surface area (Å²) < 4.78 is 14.7. The molecule has 1 aliphatic rings. The lowest BCUT2D eigenvalue weighted by Crippen LogP contribution is -2.09. The number of nitrogens with zero attached hydrogens (tertiary/aromatic N) is 1. The van der Waals surface area contributed by atoms with Crippen molar-refractivity contribution in [1.29, 1.82) is 0 Å². The van der Waals surface area contributed by atoms with E-state index in [1.54, 1.807) is 29.2 Å². The van der Waals surface area contributed by atoms with Crippen molar-refractivity contribution in [2.45, 2.75) is 10.3 Å². The Morgan fingerprint density at radius 2 is 1.62 bits per heavy atom. The fourth-order valence-electron chi connectivity index (χ4n) is 3.58. The first kappa shape index (κ1) is 21.4. The minimum atomic E-state index is -1.27. The summed E-state index contributed by atoms with van der Waals surface area (Å²) in [6.45, 7) is 0. The van der Waals surface area contributed by atoms with Crippen LogP contribution in [0.2, 0.25) is 0 Å². The van der Waals surface area contributed by atoms with Crippen molar-refractivity contribution < 1.29 is 24.1 Å². The van der Waals surface area contributed by atoms with E-state index in [0.29, 0.717) is 34.1 Å². The van der Waals surface area contributed by atoms with Crippen LogP contribution < -0.4 is 19.1 Å². The van der Waals surface area contributed by atoms with E-state index in [0.717, 1.165) is 0 Å². The van der Waals surface area contributed by atoms with Crippen molar-refractivity contribution in [3.05, 3.63) is 41.5 Å². The molecule has 0 aliphatic heterocycles. The SMILES string of the molecule is COc1cc(C(=O)C2C(c3ccc(N(C)C)c(O)c3)C2(Cl)Cl)cc(OC)c1OC. The summed E-state index contributed by atoms with van der Waals surface area (Å²) >= 11 is 13.0. The van der Waals surface area contributed by atoms with Crippen LogP contribution in [0, 0.1) is 5.92 Å². The average Bonchev–Trinajstić information content (AvgIpc) is 3.27. The first-order valence-corrected chi connectivity index (χ1v) is 9.65. The van der Waals surface area contributed by atoms with Gasteiger partial charge >= 0.3 is 0 Å². The summed E-state index contributed by atoms with van der Waals surface area (Å²) in [6, 6.07) is 8.35. The van der Waals surface area contributed by atoms with Gasteiger partial charge in [0, 0.05) is 25.6 Å². The van der Waals surface area contributed by atoms with Gasteiger partial charge in [0.05, 0.1) is 32.9 Å². The zero-order valence-electron chi connectivity index (χ0n) is 16.8. The fraction of sp³-hybridized carbons (Fsp3) is 0.381. The van der Waals surface area contributed by atoms with Gasteiger partial charge in [0.1, 0.15) is 10.1 Å². The summed E-state index contributed by atoms with van der Waals surface area (Å²) in [6.07, 6.45) is 0. The number of phenols is 1. The third kappa shape index (κ3) is 3.67. The Morgan fingerprint density at radius 1 is 1.03 bits per heavy atom. The molecule has 0 aromatic heterocycles. The highest BCUT2D eigenvalue weighted by Gasteiger charge is 2.67. The molecule has 8 heteroatoms. The minimum Gasteiger partial charge on any atom is -0.506 e. The van der Waals surface area contributed by atoms with Crippen LogP contribution in [0.1, 0.15) is 21.8 Å². The maximum atomic E-state index is 13.2. The number of Topliss-reactive ketones (excluding diaryl/α,β-unsaturated/α-hetero) is 1. The van der Waals surface area contributed by atoms with E-state index in [9.17, 15) is 9.90 Å². The van der Waals surface area contributed by atoms with Crippen molar-refractivity contribution in [3.63, 3.8) is 0 Å². The number of benzene rings is 2. The molecule has 3 rings (SSSR count). The lowest BCUT2D eigenvalue weighted by atomic mass is 10.0. The summed E-state index contributed by atoms with van der Waals surface area (Å²) in [5, 5.41) is 10.3.